The predicted octanol–water partition coefficient (Wildman–Crippen LogP) is 4.39. The van der Waals surface area contributed by atoms with E-state index in [-0.39, 0.29) is 37.3 Å². The van der Waals surface area contributed by atoms with Gasteiger partial charge in [-0.3, -0.25) is 10.2 Å². The van der Waals surface area contributed by atoms with E-state index >= 15 is 0 Å². The molecule has 3 aromatic rings. The highest BCUT2D eigenvalue weighted by Gasteiger charge is 2.39. The van der Waals surface area contributed by atoms with Crippen LogP contribution in [0.15, 0.2) is 78.9 Å². The molecular weight excluding hydrogens is 487 g/mol. The third-order valence-corrected chi connectivity index (χ3v) is 5.78. The van der Waals surface area contributed by atoms with Crippen molar-refractivity contribution in [3.63, 3.8) is 0 Å². The van der Waals surface area contributed by atoms with Crippen LogP contribution in [0.25, 0.3) is 0 Å². The van der Waals surface area contributed by atoms with Gasteiger partial charge in [0.25, 0.3) is 0 Å². The summed E-state index contributed by atoms with van der Waals surface area (Å²) >= 11 is 0. The van der Waals surface area contributed by atoms with Gasteiger partial charge in [0.1, 0.15) is 12.1 Å². The average Bonchev–Trinajstić information content (AvgIpc) is 3.20. The third-order valence-electron chi connectivity index (χ3n) is 5.78. The first-order valence-electron chi connectivity index (χ1n) is 10.7. The van der Waals surface area contributed by atoms with Crippen molar-refractivity contribution in [1.29, 1.82) is 5.41 Å². The first-order chi connectivity index (χ1) is 16.0. The minimum Gasteiger partial charge on any atom is -0.444 e. The zero-order chi connectivity index (χ0) is 23.3. The quantitative estimate of drug-likeness (QED) is 0.320. The van der Waals surface area contributed by atoms with E-state index in [4.69, 9.17) is 15.9 Å². The van der Waals surface area contributed by atoms with E-state index in [0.717, 1.165) is 33.5 Å². The van der Waals surface area contributed by atoms with Gasteiger partial charge in [-0.1, -0.05) is 66.7 Å². The predicted molar refractivity (Wildman–Crippen MR) is 141 cm³/mol. The molecule has 0 saturated carbocycles. The molecular formula is C26H28Cl2N4O3. The van der Waals surface area contributed by atoms with Crippen LogP contribution < -0.4 is 16.0 Å². The lowest BCUT2D eigenvalue weighted by Crippen LogP contribution is -2.54. The third kappa shape index (κ3) is 6.60. The summed E-state index contributed by atoms with van der Waals surface area (Å²) in [4.78, 5) is 26.3. The molecule has 0 aromatic heterocycles. The molecule has 4 N–H and O–H groups in total. The molecule has 0 aliphatic heterocycles. The van der Waals surface area contributed by atoms with Crippen LogP contribution in [0.1, 0.15) is 22.3 Å². The lowest BCUT2D eigenvalue weighted by Gasteiger charge is -2.22. The van der Waals surface area contributed by atoms with Crippen molar-refractivity contribution in [3.8, 4) is 0 Å². The number of hydrogen-bond donors (Lipinski definition) is 3. The Hall–Kier alpha value is -3.39. The molecule has 184 valence electrons. The SMILES string of the molecule is Cl.Cl.N=CN(C(=O)OCc1ccccc1)c1ccc(CNC(=O)C2(N)Cc3ccccc3C2)cc1. The second kappa shape index (κ2) is 12.4. The standard InChI is InChI=1S/C26H26N4O3.2ClH/c27-18-30(25(32)33-17-20-6-2-1-3-7-20)23-12-10-19(11-13-23)16-29-24(31)26(28)14-21-8-4-5-9-22(21)15-26;;/h1-13,18,27H,14-17,28H2,(H,29,31);2*1H. The molecule has 0 spiro atoms. The summed E-state index contributed by atoms with van der Waals surface area (Å²) in [6.07, 6.45) is 1.32. The molecule has 0 saturated heterocycles. The lowest BCUT2D eigenvalue weighted by atomic mass is 9.96. The van der Waals surface area contributed by atoms with Crippen LogP contribution in [0.5, 0.6) is 0 Å². The van der Waals surface area contributed by atoms with Gasteiger partial charge in [0.15, 0.2) is 0 Å². The molecule has 3 aromatic carbocycles. The van der Waals surface area contributed by atoms with Crippen LogP contribution in [0.3, 0.4) is 0 Å². The fourth-order valence-electron chi connectivity index (χ4n) is 3.96. The van der Waals surface area contributed by atoms with Crippen molar-refractivity contribution in [2.45, 2.75) is 31.5 Å². The fraction of sp³-hybridized carbons (Fsp3) is 0.192. The van der Waals surface area contributed by atoms with Crippen LogP contribution in [0.4, 0.5) is 10.5 Å². The van der Waals surface area contributed by atoms with Crippen molar-refractivity contribution >= 4 is 48.8 Å². The van der Waals surface area contributed by atoms with Crippen molar-refractivity contribution in [2.75, 3.05) is 4.90 Å². The van der Waals surface area contributed by atoms with Crippen molar-refractivity contribution in [3.05, 3.63) is 101 Å². The van der Waals surface area contributed by atoms with E-state index < -0.39 is 11.6 Å². The molecule has 4 rings (SSSR count). The van der Waals surface area contributed by atoms with Crippen LogP contribution in [-0.4, -0.2) is 23.9 Å². The summed E-state index contributed by atoms with van der Waals surface area (Å²) in [6, 6.07) is 24.3. The summed E-state index contributed by atoms with van der Waals surface area (Å²) in [5.74, 6) is -0.187. The smallest absolute Gasteiger partial charge is 0.420 e. The van der Waals surface area contributed by atoms with Gasteiger partial charge in [0.2, 0.25) is 5.91 Å². The summed E-state index contributed by atoms with van der Waals surface area (Å²) in [6.45, 7) is 0.441. The Bertz CT molecular complexity index is 1130. The van der Waals surface area contributed by atoms with E-state index in [1.54, 1.807) is 24.3 Å². The number of anilines is 1. The van der Waals surface area contributed by atoms with Gasteiger partial charge >= 0.3 is 6.09 Å². The van der Waals surface area contributed by atoms with Gasteiger partial charge in [0.05, 0.1) is 12.0 Å². The number of rotatable bonds is 7. The molecule has 7 nitrogen and oxygen atoms in total. The first-order valence-corrected chi connectivity index (χ1v) is 10.7. The molecule has 9 heteroatoms. The Morgan fingerprint density at radius 1 is 0.914 bits per heavy atom. The van der Waals surface area contributed by atoms with E-state index in [1.807, 2.05) is 54.6 Å². The number of benzene rings is 3. The molecule has 0 unspecified atom stereocenters. The van der Waals surface area contributed by atoms with E-state index in [9.17, 15) is 9.59 Å². The Labute approximate surface area is 217 Å². The van der Waals surface area contributed by atoms with Crippen molar-refractivity contribution in [2.24, 2.45) is 5.73 Å². The zero-order valence-electron chi connectivity index (χ0n) is 19.0. The minimum atomic E-state index is -0.941. The Morgan fingerprint density at radius 2 is 1.49 bits per heavy atom. The van der Waals surface area contributed by atoms with E-state index in [1.165, 1.54) is 0 Å². The van der Waals surface area contributed by atoms with E-state index in [2.05, 4.69) is 5.32 Å². The number of ether oxygens (including phenoxy) is 1. The van der Waals surface area contributed by atoms with Crippen LogP contribution >= 0.6 is 24.8 Å². The summed E-state index contributed by atoms with van der Waals surface area (Å²) < 4.78 is 5.30. The van der Waals surface area contributed by atoms with Gasteiger partial charge in [0, 0.05) is 6.54 Å². The number of halogens is 2. The number of nitrogens with one attached hydrogen (secondary N) is 2. The summed E-state index contributed by atoms with van der Waals surface area (Å²) in [5, 5.41) is 10.5. The molecule has 35 heavy (non-hydrogen) atoms. The number of carbonyl (C=O) groups is 2. The maximum Gasteiger partial charge on any atom is 0.420 e. The average molecular weight is 515 g/mol. The molecule has 1 aliphatic rings. The fourth-order valence-corrected chi connectivity index (χ4v) is 3.96. The number of nitrogens with zero attached hydrogens (tertiary/aromatic N) is 1. The van der Waals surface area contributed by atoms with Gasteiger partial charge in [-0.05, 0) is 47.2 Å². The number of amides is 2. The first kappa shape index (κ1) is 27.9. The largest absolute Gasteiger partial charge is 0.444 e. The normalized spacial score (nSPS) is 12.8. The molecule has 2 amide bonds. The molecule has 0 heterocycles. The van der Waals surface area contributed by atoms with E-state index in [0.29, 0.717) is 25.1 Å². The number of hydrogen-bond acceptors (Lipinski definition) is 5. The van der Waals surface area contributed by atoms with Crippen LogP contribution in [-0.2, 0) is 35.5 Å². The highest BCUT2D eigenvalue weighted by Crippen LogP contribution is 2.28. The van der Waals surface area contributed by atoms with Gasteiger partial charge < -0.3 is 15.8 Å². The summed E-state index contributed by atoms with van der Waals surface area (Å²) in [7, 11) is 0. The van der Waals surface area contributed by atoms with Crippen molar-refractivity contribution < 1.29 is 14.3 Å². The number of fused-ring (bicyclic) bond motifs is 1. The molecule has 0 fully saturated rings. The maximum absolute atomic E-state index is 12.8. The highest BCUT2D eigenvalue weighted by molar-refractivity contribution is 6.04. The number of carbonyl (C=O) groups excluding carboxylic acids is 2. The highest BCUT2D eigenvalue weighted by atomic mass is 35.5. The molecule has 0 atom stereocenters. The Morgan fingerprint density at radius 3 is 2.06 bits per heavy atom. The molecule has 0 bridgehead atoms. The molecule has 1 aliphatic carbocycles. The van der Waals surface area contributed by atoms with Crippen LogP contribution in [0.2, 0.25) is 0 Å². The maximum atomic E-state index is 12.8. The second-order valence-electron chi connectivity index (χ2n) is 8.17. The Kier molecular flexibility index (Phi) is 9.83. The summed E-state index contributed by atoms with van der Waals surface area (Å²) in [5.41, 5.74) is 9.92. The van der Waals surface area contributed by atoms with Gasteiger partial charge in [-0.25, -0.2) is 9.69 Å². The Balaban J connectivity index is 0.00000216. The van der Waals surface area contributed by atoms with Crippen molar-refractivity contribution in [1.82, 2.24) is 5.32 Å². The van der Waals surface area contributed by atoms with Gasteiger partial charge in [-0.15, -0.1) is 24.8 Å². The lowest BCUT2D eigenvalue weighted by molar-refractivity contribution is -0.126. The minimum absolute atomic E-state index is 0. The zero-order valence-corrected chi connectivity index (χ0v) is 20.6. The monoisotopic (exact) mass is 514 g/mol. The van der Waals surface area contributed by atoms with Gasteiger partial charge in [-0.2, -0.15) is 0 Å². The topological polar surface area (TPSA) is 109 Å². The number of nitrogens with two attached hydrogens (primary N) is 1. The molecule has 0 radical (unpaired) electrons. The van der Waals surface area contributed by atoms with Crippen LogP contribution in [0, 0.1) is 5.41 Å². The second-order valence-corrected chi connectivity index (χ2v) is 8.17.